The first-order chi connectivity index (χ1) is 14.8. The number of benzene rings is 1. The highest BCUT2D eigenvalue weighted by molar-refractivity contribution is 7.98. The molecule has 154 valence electrons. The highest BCUT2D eigenvalue weighted by atomic mass is 35.5. The van der Waals surface area contributed by atoms with E-state index in [9.17, 15) is 0 Å². The Kier molecular flexibility index (Phi) is 6.19. The van der Waals surface area contributed by atoms with Crippen molar-refractivity contribution in [1.29, 1.82) is 0 Å². The van der Waals surface area contributed by atoms with Gasteiger partial charge in [0.1, 0.15) is 5.01 Å². The van der Waals surface area contributed by atoms with Crippen molar-refractivity contribution in [2.45, 2.75) is 36.4 Å². The second kappa shape index (κ2) is 9.20. The first-order valence-electron chi connectivity index (χ1n) is 9.69. The van der Waals surface area contributed by atoms with E-state index in [4.69, 9.17) is 21.3 Å². The molecule has 0 saturated carbocycles. The topological polar surface area (TPSA) is 52.8 Å². The van der Waals surface area contributed by atoms with Gasteiger partial charge in [-0.2, -0.15) is 0 Å². The zero-order valence-electron chi connectivity index (χ0n) is 16.0. The quantitative estimate of drug-likeness (QED) is 0.296. The van der Waals surface area contributed by atoms with Crippen LogP contribution >= 0.6 is 46.0 Å². The molecule has 0 aliphatic carbocycles. The smallest absolute Gasteiger partial charge is 0.191 e. The summed E-state index contributed by atoms with van der Waals surface area (Å²) in [4.78, 5) is 5.91. The van der Waals surface area contributed by atoms with Crippen LogP contribution in [-0.4, -0.2) is 32.5 Å². The fourth-order valence-corrected chi connectivity index (χ4v) is 6.21. The molecule has 1 saturated heterocycles. The van der Waals surface area contributed by atoms with Crippen LogP contribution in [0.1, 0.15) is 18.5 Å². The van der Waals surface area contributed by atoms with Gasteiger partial charge in [0.2, 0.25) is 0 Å². The molecule has 0 N–H and O–H groups in total. The SMILES string of the molecule is Clc1ccccc1-c1nc(CSc2nnc(-c3cccs3)n2CC2CCCO2)cs1. The highest BCUT2D eigenvalue weighted by Crippen LogP contribution is 2.33. The number of ether oxygens (including phenoxy) is 1. The average molecular weight is 475 g/mol. The third kappa shape index (κ3) is 4.33. The Morgan fingerprint density at radius 3 is 2.90 bits per heavy atom. The van der Waals surface area contributed by atoms with E-state index in [0.29, 0.717) is 0 Å². The molecule has 0 spiro atoms. The molecule has 1 aromatic carbocycles. The van der Waals surface area contributed by atoms with Crippen molar-refractivity contribution in [2.75, 3.05) is 6.61 Å². The second-order valence-electron chi connectivity index (χ2n) is 6.94. The number of hydrogen-bond donors (Lipinski definition) is 0. The molecule has 0 bridgehead atoms. The third-order valence-electron chi connectivity index (χ3n) is 4.87. The Balaban J connectivity index is 1.35. The van der Waals surface area contributed by atoms with Crippen LogP contribution in [0.3, 0.4) is 0 Å². The lowest BCUT2D eigenvalue weighted by Gasteiger charge is -2.14. The van der Waals surface area contributed by atoms with Crippen LogP contribution < -0.4 is 0 Å². The van der Waals surface area contributed by atoms with Gasteiger partial charge in [-0.15, -0.1) is 32.9 Å². The van der Waals surface area contributed by atoms with E-state index in [-0.39, 0.29) is 6.10 Å². The van der Waals surface area contributed by atoms with Gasteiger partial charge >= 0.3 is 0 Å². The van der Waals surface area contributed by atoms with Gasteiger partial charge in [-0.05, 0) is 30.4 Å². The van der Waals surface area contributed by atoms with Crippen molar-refractivity contribution in [2.24, 2.45) is 0 Å². The molecule has 0 amide bonds. The van der Waals surface area contributed by atoms with Gasteiger partial charge < -0.3 is 4.74 Å². The molecule has 3 aromatic heterocycles. The molecule has 1 aliphatic heterocycles. The molecule has 4 aromatic rings. The van der Waals surface area contributed by atoms with Crippen LogP contribution in [0, 0.1) is 0 Å². The molecule has 5 rings (SSSR count). The van der Waals surface area contributed by atoms with Crippen molar-refractivity contribution in [3.63, 3.8) is 0 Å². The van der Waals surface area contributed by atoms with Crippen molar-refractivity contribution in [1.82, 2.24) is 19.7 Å². The average Bonchev–Trinajstić information content (AvgIpc) is 3.55. The molecular formula is C21H19ClN4OS3. The predicted octanol–water partition coefficient (Wildman–Crippen LogP) is 6.25. The molecule has 1 unspecified atom stereocenters. The maximum Gasteiger partial charge on any atom is 0.191 e. The third-order valence-corrected chi connectivity index (χ3v) is 7.99. The molecule has 1 aliphatic rings. The van der Waals surface area contributed by atoms with Gasteiger partial charge in [0.25, 0.3) is 0 Å². The lowest BCUT2D eigenvalue weighted by atomic mass is 10.2. The molecule has 0 radical (unpaired) electrons. The summed E-state index contributed by atoms with van der Waals surface area (Å²) in [5.41, 5.74) is 1.99. The summed E-state index contributed by atoms with van der Waals surface area (Å²) in [6, 6.07) is 11.9. The predicted molar refractivity (Wildman–Crippen MR) is 124 cm³/mol. The monoisotopic (exact) mass is 474 g/mol. The van der Waals surface area contributed by atoms with E-state index >= 15 is 0 Å². The van der Waals surface area contributed by atoms with Crippen molar-refractivity contribution < 1.29 is 4.74 Å². The second-order valence-corrected chi connectivity index (χ2v) is 10.1. The highest BCUT2D eigenvalue weighted by Gasteiger charge is 2.22. The molecule has 4 heterocycles. The summed E-state index contributed by atoms with van der Waals surface area (Å²) >= 11 is 11.3. The van der Waals surface area contributed by atoms with Gasteiger partial charge in [0, 0.05) is 23.3 Å². The first-order valence-corrected chi connectivity index (χ1v) is 12.8. The van der Waals surface area contributed by atoms with Crippen LogP contribution in [0.2, 0.25) is 5.02 Å². The van der Waals surface area contributed by atoms with E-state index in [1.165, 1.54) is 0 Å². The number of halogens is 1. The molecule has 30 heavy (non-hydrogen) atoms. The summed E-state index contributed by atoms with van der Waals surface area (Å²) in [5, 5.41) is 15.7. The minimum absolute atomic E-state index is 0.227. The van der Waals surface area contributed by atoms with E-state index < -0.39 is 0 Å². The van der Waals surface area contributed by atoms with Crippen LogP contribution in [0.25, 0.3) is 21.3 Å². The summed E-state index contributed by atoms with van der Waals surface area (Å²) in [6.07, 6.45) is 2.43. The number of thiophene rings is 1. The summed E-state index contributed by atoms with van der Waals surface area (Å²) in [7, 11) is 0. The molecule has 9 heteroatoms. The number of nitrogens with zero attached hydrogens (tertiary/aromatic N) is 4. The minimum atomic E-state index is 0.227. The minimum Gasteiger partial charge on any atom is -0.376 e. The van der Waals surface area contributed by atoms with Crippen molar-refractivity contribution >= 4 is 46.0 Å². The van der Waals surface area contributed by atoms with Gasteiger partial charge in [0.15, 0.2) is 11.0 Å². The van der Waals surface area contributed by atoms with E-state index in [2.05, 4.69) is 31.6 Å². The number of hydrogen-bond acceptors (Lipinski definition) is 7. The Morgan fingerprint density at radius 2 is 2.10 bits per heavy atom. The first kappa shape index (κ1) is 20.2. The van der Waals surface area contributed by atoms with E-state index in [1.807, 2.05) is 30.3 Å². The normalized spacial score (nSPS) is 16.4. The number of aromatic nitrogens is 4. The largest absolute Gasteiger partial charge is 0.376 e. The van der Waals surface area contributed by atoms with Gasteiger partial charge in [-0.25, -0.2) is 4.98 Å². The molecule has 5 nitrogen and oxygen atoms in total. The van der Waals surface area contributed by atoms with Crippen molar-refractivity contribution in [3.8, 4) is 21.3 Å². The Bertz CT molecular complexity index is 1120. The Hall–Kier alpha value is -1.71. The summed E-state index contributed by atoms with van der Waals surface area (Å²) < 4.78 is 8.08. The standard InChI is InChI=1S/C21H19ClN4OS3/c22-17-7-2-1-6-16(17)20-23-14(12-29-20)13-30-21-25-24-19(18-8-4-10-28-18)26(21)11-15-5-3-9-27-15/h1-2,4,6-8,10,12,15H,3,5,9,11,13H2. The molecule has 1 atom stereocenters. The fraction of sp³-hybridized carbons (Fsp3) is 0.286. The summed E-state index contributed by atoms with van der Waals surface area (Å²) in [6.45, 7) is 1.62. The Morgan fingerprint density at radius 1 is 1.17 bits per heavy atom. The van der Waals surface area contributed by atoms with E-state index in [1.54, 1.807) is 34.4 Å². The number of thioether (sulfide) groups is 1. The number of thiazole rings is 1. The lowest BCUT2D eigenvalue weighted by molar-refractivity contribution is 0.0953. The van der Waals surface area contributed by atoms with Gasteiger partial charge in [-0.3, -0.25) is 4.57 Å². The van der Waals surface area contributed by atoms with Crippen molar-refractivity contribution in [3.05, 3.63) is 57.9 Å². The van der Waals surface area contributed by atoms with Crippen LogP contribution in [0.15, 0.2) is 52.3 Å². The zero-order chi connectivity index (χ0) is 20.3. The van der Waals surface area contributed by atoms with Crippen LogP contribution in [0.5, 0.6) is 0 Å². The lowest BCUT2D eigenvalue weighted by Crippen LogP contribution is -2.16. The molecule has 1 fully saturated rings. The van der Waals surface area contributed by atoms with Gasteiger partial charge in [-0.1, -0.05) is 47.6 Å². The molecular weight excluding hydrogens is 456 g/mol. The fourth-order valence-electron chi connectivity index (χ4n) is 3.41. The van der Waals surface area contributed by atoms with Crippen LogP contribution in [0.4, 0.5) is 0 Å². The number of rotatable bonds is 7. The summed E-state index contributed by atoms with van der Waals surface area (Å²) in [5.74, 6) is 1.65. The zero-order valence-corrected chi connectivity index (χ0v) is 19.2. The van der Waals surface area contributed by atoms with Gasteiger partial charge in [0.05, 0.1) is 28.2 Å². The van der Waals surface area contributed by atoms with E-state index in [0.717, 1.165) is 68.9 Å². The Labute approximate surface area is 192 Å². The van der Waals surface area contributed by atoms with Crippen LogP contribution in [-0.2, 0) is 17.0 Å². The maximum atomic E-state index is 6.32. The maximum absolute atomic E-state index is 6.32.